The maximum atomic E-state index is 12.9. The summed E-state index contributed by atoms with van der Waals surface area (Å²) in [7, 11) is 0. The zero-order chi connectivity index (χ0) is 21.6. The molecule has 0 saturated carbocycles. The molecule has 1 atom stereocenters. The molecule has 1 aliphatic heterocycles. The standard InChI is InChI=1S/C22H28N2O5/c1-6-28-21(26)18-14(4)24-15(5)19(20(18)16-10-8-7-9-11-16)22(27)29-12-17(25)23-13(2)3/h7-11,13,20,24H,6,12H2,1-5H3,(H,23,25). The molecule has 1 aliphatic rings. The fourth-order valence-electron chi connectivity index (χ4n) is 3.30. The first-order valence-corrected chi connectivity index (χ1v) is 9.63. The zero-order valence-electron chi connectivity index (χ0n) is 17.5. The van der Waals surface area contributed by atoms with Gasteiger partial charge in [0.2, 0.25) is 0 Å². The van der Waals surface area contributed by atoms with Crippen LogP contribution in [0.5, 0.6) is 0 Å². The van der Waals surface area contributed by atoms with Gasteiger partial charge >= 0.3 is 11.9 Å². The van der Waals surface area contributed by atoms with Gasteiger partial charge in [0, 0.05) is 17.4 Å². The summed E-state index contributed by atoms with van der Waals surface area (Å²) in [5.74, 6) is -2.19. The number of allylic oxidation sites excluding steroid dienone is 2. The van der Waals surface area contributed by atoms with Gasteiger partial charge in [0.05, 0.1) is 23.7 Å². The number of esters is 2. The number of rotatable bonds is 7. The number of hydrogen-bond donors (Lipinski definition) is 2. The van der Waals surface area contributed by atoms with E-state index in [-0.39, 0.29) is 24.1 Å². The summed E-state index contributed by atoms with van der Waals surface area (Å²) in [4.78, 5) is 37.5. The maximum absolute atomic E-state index is 12.9. The van der Waals surface area contributed by atoms with Crippen LogP contribution < -0.4 is 10.6 Å². The second kappa shape index (κ2) is 9.91. The van der Waals surface area contributed by atoms with Gasteiger partial charge in [0.25, 0.3) is 5.91 Å². The Labute approximate surface area is 171 Å². The van der Waals surface area contributed by atoms with Crippen molar-refractivity contribution in [2.75, 3.05) is 13.2 Å². The minimum atomic E-state index is -0.656. The van der Waals surface area contributed by atoms with Crippen molar-refractivity contribution in [1.29, 1.82) is 0 Å². The number of carbonyl (C=O) groups excluding carboxylic acids is 3. The van der Waals surface area contributed by atoms with Gasteiger partial charge in [-0.3, -0.25) is 4.79 Å². The van der Waals surface area contributed by atoms with Crippen LogP contribution in [-0.2, 0) is 23.9 Å². The van der Waals surface area contributed by atoms with Gasteiger partial charge in [0.1, 0.15) is 0 Å². The van der Waals surface area contributed by atoms with Crippen LogP contribution in [0.4, 0.5) is 0 Å². The topological polar surface area (TPSA) is 93.7 Å². The van der Waals surface area contributed by atoms with Crippen molar-refractivity contribution in [2.45, 2.75) is 46.6 Å². The molecule has 156 valence electrons. The predicted molar refractivity (Wildman–Crippen MR) is 109 cm³/mol. The fourth-order valence-corrected chi connectivity index (χ4v) is 3.30. The SMILES string of the molecule is CCOC(=O)C1=C(C)NC(C)=C(C(=O)OCC(=O)NC(C)C)C1c1ccccc1. The van der Waals surface area contributed by atoms with Crippen molar-refractivity contribution in [3.8, 4) is 0 Å². The van der Waals surface area contributed by atoms with Crippen LogP contribution in [0.2, 0.25) is 0 Å². The van der Waals surface area contributed by atoms with Crippen molar-refractivity contribution in [2.24, 2.45) is 0 Å². The first-order chi connectivity index (χ1) is 13.8. The molecule has 1 aromatic carbocycles. The lowest BCUT2D eigenvalue weighted by Gasteiger charge is -2.30. The van der Waals surface area contributed by atoms with Crippen molar-refractivity contribution in [3.05, 3.63) is 58.4 Å². The maximum Gasteiger partial charge on any atom is 0.337 e. The zero-order valence-corrected chi connectivity index (χ0v) is 17.5. The molecule has 0 aromatic heterocycles. The Morgan fingerprint density at radius 2 is 1.55 bits per heavy atom. The largest absolute Gasteiger partial charge is 0.463 e. The number of ether oxygens (including phenoxy) is 2. The van der Waals surface area contributed by atoms with E-state index >= 15 is 0 Å². The van der Waals surface area contributed by atoms with Gasteiger partial charge in [-0.05, 0) is 40.2 Å². The molecule has 7 nitrogen and oxygen atoms in total. The summed E-state index contributed by atoms with van der Waals surface area (Å²) in [6.07, 6.45) is 0. The van der Waals surface area contributed by atoms with E-state index in [9.17, 15) is 14.4 Å². The van der Waals surface area contributed by atoms with E-state index in [1.165, 1.54) is 0 Å². The van der Waals surface area contributed by atoms with Gasteiger partial charge in [-0.1, -0.05) is 30.3 Å². The van der Waals surface area contributed by atoms with Gasteiger partial charge in [-0.15, -0.1) is 0 Å². The van der Waals surface area contributed by atoms with Gasteiger partial charge in [-0.25, -0.2) is 9.59 Å². The van der Waals surface area contributed by atoms with Crippen LogP contribution in [0.3, 0.4) is 0 Å². The van der Waals surface area contributed by atoms with Crippen LogP contribution >= 0.6 is 0 Å². The second-order valence-corrected chi connectivity index (χ2v) is 7.06. The second-order valence-electron chi connectivity index (χ2n) is 7.06. The van der Waals surface area contributed by atoms with Crippen LogP contribution in [0.1, 0.15) is 46.1 Å². The third-order valence-electron chi connectivity index (χ3n) is 4.39. The molecule has 0 aliphatic carbocycles. The molecule has 1 unspecified atom stereocenters. The van der Waals surface area contributed by atoms with Crippen molar-refractivity contribution in [3.63, 3.8) is 0 Å². The highest BCUT2D eigenvalue weighted by molar-refractivity contribution is 6.00. The molecule has 2 N–H and O–H groups in total. The van der Waals surface area contributed by atoms with E-state index in [1.54, 1.807) is 20.8 Å². The molecule has 1 aromatic rings. The summed E-state index contributed by atoms with van der Waals surface area (Å²) in [5, 5.41) is 5.75. The molecule has 2 rings (SSSR count). The van der Waals surface area contributed by atoms with E-state index in [2.05, 4.69) is 10.6 Å². The number of dihydropyridines is 1. The fraction of sp³-hybridized carbons (Fsp3) is 0.409. The van der Waals surface area contributed by atoms with E-state index in [4.69, 9.17) is 9.47 Å². The lowest BCUT2D eigenvalue weighted by atomic mass is 9.80. The number of carbonyl (C=O) groups is 3. The number of nitrogens with one attached hydrogen (secondary N) is 2. The third kappa shape index (κ3) is 5.47. The summed E-state index contributed by atoms with van der Waals surface area (Å²) in [6.45, 7) is 8.70. The van der Waals surface area contributed by atoms with Crippen molar-refractivity contribution >= 4 is 17.8 Å². The molecule has 1 heterocycles. The quantitative estimate of drug-likeness (QED) is 0.683. The molecule has 0 saturated heterocycles. The summed E-state index contributed by atoms with van der Waals surface area (Å²) >= 11 is 0. The number of benzene rings is 1. The summed E-state index contributed by atoms with van der Waals surface area (Å²) in [5.41, 5.74) is 2.57. The van der Waals surface area contributed by atoms with Crippen LogP contribution in [-0.4, -0.2) is 37.1 Å². The van der Waals surface area contributed by atoms with Crippen molar-refractivity contribution < 1.29 is 23.9 Å². The lowest BCUT2D eigenvalue weighted by Crippen LogP contribution is -2.36. The van der Waals surface area contributed by atoms with Gasteiger partial charge in [-0.2, -0.15) is 0 Å². The average molecular weight is 400 g/mol. The smallest absolute Gasteiger partial charge is 0.337 e. The van der Waals surface area contributed by atoms with Crippen LogP contribution in [0, 0.1) is 0 Å². The Kier molecular flexibility index (Phi) is 7.59. The molecule has 0 radical (unpaired) electrons. The monoisotopic (exact) mass is 400 g/mol. The molecule has 0 spiro atoms. The minimum absolute atomic E-state index is 0.0587. The lowest BCUT2D eigenvalue weighted by molar-refractivity contribution is -0.145. The highest BCUT2D eigenvalue weighted by atomic mass is 16.5. The van der Waals surface area contributed by atoms with Crippen molar-refractivity contribution in [1.82, 2.24) is 10.6 Å². The van der Waals surface area contributed by atoms with Gasteiger partial charge in [0.15, 0.2) is 6.61 Å². The Bertz CT molecular complexity index is 840. The molecular formula is C22H28N2O5. The molecule has 1 amide bonds. The normalized spacial score (nSPS) is 16.4. The van der Waals surface area contributed by atoms with E-state index in [0.717, 1.165) is 5.56 Å². The first kappa shape index (κ1) is 22.2. The molecule has 0 fully saturated rings. The predicted octanol–water partition coefficient (Wildman–Crippen LogP) is 2.55. The molecular weight excluding hydrogens is 372 g/mol. The third-order valence-corrected chi connectivity index (χ3v) is 4.39. The Hall–Kier alpha value is -3.09. The van der Waals surface area contributed by atoms with Crippen LogP contribution in [0.15, 0.2) is 52.9 Å². The Morgan fingerprint density at radius 1 is 1.00 bits per heavy atom. The molecule has 0 bridgehead atoms. The van der Waals surface area contributed by atoms with E-state index in [1.807, 2.05) is 44.2 Å². The Morgan fingerprint density at radius 3 is 2.07 bits per heavy atom. The average Bonchev–Trinajstić information content (AvgIpc) is 2.65. The summed E-state index contributed by atoms with van der Waals surface area (Å²) < 4.78 is 10.5. The van der Waals surface area contributed by atoms with Crippen LogP contribution in [0.25, 0.3) is 0 Å². The Balaban J connectivity index is 2.40. The highest BCUT2D eigenvalue weighted by Gasteiger charge is 2.38. The number of hydrogen-bond acceptors (Lipinski definition) is 6. The molecule has 7 heteroatoms. The number of amides is 1. The molecule has 29 heavy (non-hydrogen) atoms. The first-order valence-electron chi connectivity index (χ1n) is 9.63. The van der Waals surface area contributed by atoms with E-state index < -0.39 is 24.5 Å². The summed E-state index contributed by atoms with van der Waals surface area (Å²) in [6, 6.07) is 9.16. The van der Waals surface area contributed by atoms with E-state index in [0.29, 0.717) is 17.0 Å². The van der Waals surface area contributed by atoms with Gasteiger partial charge < -0.3 is 20.1 Å². The minimum Gasteiger partial charge on any atom is -0.463 e. The highest BCUT2D eigenvalue weighted by Crippen LogP contribution is 2.39.